The van der Waals surface area contributed by atoms with Gasteiger partial charge in [0.15, 0.2) is 0 Å². The maximum absolute atomic E-state index is 11.7. The Bertz CT molecular complexity index is 500. The van der Waals surface area contributed by atoms with E-state index in [2.05, 4.69) is 31.1 Å². The van der Waals surface area contributed by atoms with Crippen LogP contribution in [0.15, 0.2) is 6.33 Å². The molecule has 0 aliphatic heterocycles. The van der Waals surface area contributed by atoms with Crippen molar-refractivity contribution in [3.63, 3.8) is 0 Å². The van der Waals surface area contributed by atoms with Crippen molar-refractivity contribution in [2.45, 2.75) is 3.79 Å². The van der Waals surface area contributed by atoms with Crippen LogP contribution in [0.3, 0.4) is 0 Å². The van der Waals surface area contributed by atoms with E-state index in [1.54, 1.807) is 0 Å². The summed E-state index contributed by atoms with van der Waals surface area (Å²) >= 11 is 16.7. The van der Waals surface area contributed by atoms with Gasteiger partial charge in [0.05, 0.1) is 0 Å². The SMILES string of the molecule is O=C(n1cnnn1)n1nnnc1C(Cl)(Cl)Cl. The van der Waals surface area contributed by atoms with E-state index in [0.717, 1.165) is 11.0 Å². The van der Waals surface area contributed by atoms with Crippen molar-refractivity contribution in [1.29, 1.82) is 0 Å². The largest absolute Gasteiger partial charge is 0.375 e. The molecular weight excluding hydrogens is 282 g/mol. The average molecular weight is 283 g/mol. The van der Waals surface area contributed by atoms with Gasteiger partial charge >= 0.3 is 6.03 Å². The Morgan fingerprint density at radius 2 is 2.00 bits per heavy atom. The maximum atomic E-state index is 11.7. The molecule has 0 unspecified atom stereocenters. The number of aromatic nitrogens is 8. The number of tetrazole rings is 2. The molecule has 2 rings (SSSR count). The summed E-state index contributed by atoms with van der Waals surface area (Å²) in [7, 11) is 0. The minimum atomic E-state index is -1.92. The fraction of sp³-hybridized carbons (Fsp3) is 0.250. The zero-order valence-corrected chi connectivity index (χ0v) is 9.46. The third kappa shape index (κ3) is 1.96. The topological polar surface area (TPSA) is 104 Å². The molecule has 0 saturated heterocycles. The molecule has 0 bridgehead atoms. The van der Waals surface area contributed by atoms with Gasteiger partial charge in [0.1, 0.15) is 6.33 Å². The van der Waals surface area contributed by atoms with E-state index < -0.39 is 9.82 Å². The lowest BCUT2D eigenvalue weighted by Crippen LogP contribution is -2.26. The second kappa shape index (κ2) is 3.92. The van der Waals surface area contributed by atoms with Gasteiger partial charge in [0.25, 0.3) is 3.79 Å². The predicted octanol–water partition coefficient (Wildman–Crippen LogP) is 0.00270. The average Bonchev–Trinajstić information content (AvgIpc) is 2.87. The van der Waals surface area contributed by atoms with Crippen LogP contribution >= 0.6 is 34.8 Å². The Morgan fingerprint density at radius 3 is 2.56 bits per heavy atom. The quantitative estimate of drug-likeness (QED) is 0.495. The lowest BCUT2D eigenvalue weighted by Gasteiger charge is -2.08. The molecular formula is C4HCl3N8O. The number of nitrogens with zero attached hydrogens (tertiary/aromatic N) is 8. The van der Waals surface area contributed by atoms with E-state index >= 15 is 0 Å². The van der Waals surface area contributed by atoms with E-state index in [0.29, 0.717) is 4.68 Å². The maximum Gasteiger partial charge on any atom is 0.375 e. The van der Waals surface area contributed by atoms with Gasteiger partial charge in [-0.15, -0.1) is 19.6 Å². The Hall–Kier alpha value is -1.32. The van der Waals surface area contributed by atoms with Crippen LogP contribution in [-0.2, 0) is 3.79 Å². The van der Waals surface area contributed by atoms with E-state index in [1.165, 1.54) is 0 Å². The van der Waals surface area contributed by atoms with E-state index in [4.69, 9.17) is 34.8 Å². The number of alkyl halides is 3. The highest BCUT2D eigenvalue weighted by Crippen LogP contribution is 2.36. The Labute approximate surface area is 102 Å². The highest BCUT2D eigenvalue weighted by molar-refractivity contribution is 6.66. The summed E-state index contributed by atoms with van der Waals surface area (Å²) < 4.78 is -0.452. The summed E-state index contributed by atoms with van der Waals surface area (Å²) in [5.41, 5.74) is 0. The lowest BCUT2D eigenvalue weighted by molar-refractivity contribution is 0.236. The first-order valence-corrected chi connectivity index (χ1v) is 4.77. The van der Waals surface area contributed by atoms with Crippen LogP contribution in [0.25, 0.3) is 0 Å². The van der Waals surface area contributed by atoms with Crippen LogP contribution in [0, 0.1) is 0 Å². The lowest BCUT2D eigenvalue weighted by atomic mass is 10.7. The molecule has 2 aromatic rings. The van der Waals surface area contributed by atoms with Crippen LogP contribution < -0.4 is 0 Å². The van der Waals surface area contributed by atoms with Gasteiger partial charge < -0.3 is 0 Å². The molecule has 0 amide bonds. The summed E-state index contributed by atoms with van der Waals surface area (Å²) in [6.07, 6.45) is 1.06. The number of carbonyl (C=O) groups excluding carboxylic acids is 1. The molecule has 84 valence electrons. The molecule has 9 nitrogen and oxygen atoms in total. The van der Waals surface area contributed by atoms with Crippen molar-refractivity contribution < 1.29 is 4.79 Å². The zero-order valence-electron chi connectivity index (χ0n) is 7.20. The second-order valence-corrected chi connectivity index (χ2v) is 4.73. The number of rotatable bonds is 0. The van der Waals surface area contributed by atoms with Crippen molar-refractivity contribution >= 4 is 40.8 Å². The van der Waals surface area contributed by atoms with Crippen LogP contribution in [-0.4, -0.2) is 46.4 Å². The van der Waals surface area contributed by atoms with Crippen molar-refractivity contribution in [2.75, 3.05) is 0 Å². The first-order chi connectivity index (χ1) is 7.50. The minimum Gasteiger partial charge on any atom is -0.243 e. The summed E-state index contributed by atoms with van der Waals surface area (Å²) in [6.45, 7) is 0. The van der Waals surface area contributed by atoms with Crippen LogP contribution in [0.4, 0.5) is 4.79 Å². The van der Waals surface area contributed by atoms with Gasteiger partial charge in [-0.05, 0) is 20.9 Å². The Balaban J connectivity index is 2.43. The molecule has 0 aliphatic rings. The monoisotopic (exact) mass is 282 g/mol. The highest BCUT2D eigenvalue weighted by atomic mass is 35.6. The number of halogens is 3. The fourth-order valence-electron chi connectivity index (χ4n) is 0.839. The van der Waals surface area contributed by atoms with E-state index in [-0.39, 0.29) is 5.82 Å². The normalized spacial score (nSPS) is 11.7. The van der Waals surface area contributed by atoms with Gasteiger partial charge in [-0.3, -0.25) is 0 Å². The van der Waals surface area contributed by atoms with Crippen molar-refractivity contribution in [2.24, 2.45) is 0 Å². The summed E-state index contributed by atoms with van der Waals surface area (Å²) in [5.74, 6) is -0.252. The molecule has 0 spiro atoms. The first-order valence-electron chi connectivity index (χ1n) is 3.63. The molecule has 0 fully saturated rings. The molecule has 12 heteroatoms. The fourth-order valence-corrected chi connectivity index (χ4v) is 1.19. The molecule has 16 heavy (non-hydrogen) atoms. The molecule has 2 heterocycles. The van der Waals surface area contributed by atoms with Gasteiger partial charge in [-0.1, -0.05) is 34.8 Å². The first kappa shape index (κ1) is 11.2. The van der Waals surface area contributed by atoms with Gasteiger partial charge in [0.2, 0.25) is 5.82 Å². The minimum absolute atomic E-state index is 0.252. The summed E-state index contributed by atoms with van der Waals surface area (Å²) in [6, 6.07) is -0.767. The Kier molecular flexibility index (Phi) is 2.74. The molecule has 2 aromatic heterocycles. The van der Waals surface area contributed by atoms with Crippen LogP contribution in [0.1, 0.15) is 5.82 Å². The van der Waals surface area contributed by atoms with Gasteiger partial charge in [-0.25, -0.2) is 4.79 Å². The molecule has 0 N–H and O–H groups in total. The number of carbonyl (C=O) groups is 1. The number of hydrogen-bond donors (Lipinski definition) is 0. The highest BCUT2D eigenvalue weighted by Gasteiger charge is 2.33. The van der Waals surface area contributed by atoms with Gasteiger partial charge in [-0.2, -0.15) is 0 Å². The molecule has 0 aromatic carbocycles. The second-order valence-electron chi connectivity index (χ2n) is 2.45. The van der Waals surface area contributed by atoms with Crippen molar-refractivity contribution in [1.82, 2.24) is 40.4 Å². The predicted molar refractivity (Wildman–Crippen MR) is 51.1 cm³/mol. The van der Waals surface area contributed by atoms with E-state index in [9.17, 15) is 4.79 Å². The van der Waals surface area contributed by atoms with Crippen LogP contribution in [0.2, 0.25) is 0 Å². The smallest absolute Gasteiger partial charge is 0.243 e. The molecule has 0 atom stereocenters. The summed E-state index contributed by atoms with van der Waals surface area (Å²) in [5, 5.41) is 19.9. The molecule has 0 saturated carbocycles. The third-order valence-electron chi connectivity index (χ3n) is 1.45. The zero-order chi connectivity index (χ0) is 11.8. The Morgan fingerprint density at radius 1 is 1.25 bits per heavy atom. The third-order valence-corrected chi connectivity index (χ3v) is 1.96. The summed E-state index contributed by atoms with van der Waals surface area (Å²) in [4.78, 5) is 11.7. The number of hydrogen-bond acceptors (Lipinski definition) is 7. The van der Waals surface area contributed by atoms with Gasteiger partial charge in [0, 0.05) is 0 Å². The van der Waals surface area contributed by atoms with Crippen LogP contribution in [0.5, 0.6) is 0 Å². The standard InChI is InChI=1S/C4HCl3N8O/c5-4(6,7)2-9-11-13-15(2)3(16)14-1-8-10-12-14/h1H. The van der Waals surface area contributed by atoms with E-state index in [1.807, 2.05) is 0 Å². The molecule has 0 radical (unpaired) electrons. The van der Waals surface area contributed by atoms with Crippen molar-refractivity contribution in [3.8, 4) is 0 Å². The van der Waals surface area contributed by atoms with Crippen molar-refractivity contribution in [3.05, 3.63) is 12.2 Å². The molecule has 0 aliphatic carbocycles.